The van der Waals surface area contributed by atoms with Gasteiger partial charge in [0.15, 0.2) is 0 Å². The molecule has 2 unspecified atom stereocenters. The van der Waals surface area contributed by atoms with Crippen LogP contribution in [0, 0.1) is 0 Å². The standard InChI is InChI=1S/C8H15NO/c1-2-9-7-5-3-4-6-8(7)10/h2,7-10H,1,3-6H2. The summed E-state index contributed by atoms with van der Waals surface area (Å²) in [5.74, 6) is 0. The van der Waals surface area contributed by atoms with Crippen molar-refractivity contribution in [3.05, 3.63) is 12.8 Å². The first kappa shape index (κ1) is 7.61. The molecular formula is C8H15NO. The maximum Gasteiger partial charge on any atom is 0.0740 e. The van der Waals surface area contributed by atoms with Crippen LogP contribution in [0.3, 0.4) is 0 Å². The largest absolute Gasteiger partial charge is 0.391 e. The second kappa shape index (κ2) is 3.62. The molecule has 0 aliphatic heterocycles. The van der Waals surface area contributed by atoms with Gasteiger partial charge in [0.25, 0.3) is 0 Å². The monoisotopic (exact) mass is 141 g/mol. The fourth-order valence-electron chi connectivity index (χ4n) is 1.46. The Morgan fingerprint density at radius 2 is 2.10 bits per heavy atom. The van der Waals surface area contributed by atoms with Crippen LogP contribution in [-0.2, 0) is 0 Å². The van der Waals surface area contributed by atoms with Gasteiger partial charge in [-0.15, -0.1) is 0 Å². The Balaban J connectivity index is 2.32. The zero-order chi connectivity index (χ0) is 7.40. The molecule has 0 aromatic rings. The van der Waals surface area contributed by atoms with E-state index in [9.17, 15) is 5.11 Å². The van der Waals surface area contributed by atoms with Crippen molar-refractivity contribution in [3.8, 4) is 0 Å². The van der Waals surface area contributed by atoms with E-state index in [4.69, 9.17) is 0 Å². The molecule has 0 bridgehead atoms. The van der Waals surface area contributed by atoms with Gasteiger partial charge in [-0.1, -0.05) is 19.4 Å². The van der Waals surface area contributed by atoms with Gasteiger partial charge in [0, 0.05) is 0 Å². The van der Waals surface area contributed by atoms with Crippen LogP contribution < -0.4 is 5.32 Å². The van der Waals surface area contributed by atoms with Crippen LogP contribution in [0.4, 0.5) is 0 Å². The van der Waals surface area contributed by atoms with E-state index >= 15 is 0 Å². The molecule has 2 heteroatoms. The lowest BCUT2D eigenvalue weighted by molar-refractivity contribution is 0.0974. The van der Waals surface area contributed by atoms with Crippen LogP contribution in [0.15, 0.2) is 12.8 Å². The number of aliphatic hydroxyl groups excluding tert-OH is 1. The van der Waals surface area contributed by atoms with E-state index in [-0.39, 0.29) is 12.1 Å². The van der Waals surface area contributed by atoms with Crippen molar-refractivity contribution < 1.29 is 5.11 Å². The van der Waals surface area contributed by atoms with Crippen molar-refractivity contribution in [2.45, 2.75) is 37.8 Å². The van der Waals surface area contributed by atoms with E-state index in [2.05, 4.69) is 11.9 Å². The predicted molar refractivity (Wildman–Crippen MR) is 41.6 cm³/mol. The molecule has 0 radical (unpaired) electrons. The van der Waals surface area contributed by atoms with Crippen LogP contribution in [0.5, 0.6) is 0 Å². The summed E-state index contributed by atoms with van der Waals surface area (Å²) < 4.78 is 0. The lowest BCUT2D eigenvalue weighted by atomic mass is 9.93. The first-order valence-electron chi connectivity index (χ1n) is 3.89. The van der Waals surface area contributed by atoms with Gasteiger partial charge in [0.2, 0.25) is 0 Å². The van der Waals surface area contributed by atoms with Crippen molar-refractivity contribution in [1.29, 1.82) is 0 Å². The van der Waals surface area contributed by atoms with E-state index in [0.29, 0.717) is 0 Å². The number of aliphatic hydroxyl groups is 1. The van der Waals surface area contributed by atoms with Gasteiger partial charge in [-0.25, -0.2) is 0 Å². The normalized spacial score (nSPS) is 33.3. The molecule has 0 heterocycles. The van der Waals surface area contributed by atoms with Gasteiger partial charge in [-0.05, 0) is 19.0 Å². The minimum atomic E-state index is -0.160. The molecule has 0 aromatic heterocycles. The molecule has 1 aliphatic rings. The van der Waals surface area contributed by atoms with E-state index in [1.54, 1.807) is 6.20 Å². The minimum absolute atomic E-state index is 0.160. The van der Waals surface area contributed by atoms with Crippen molar-refractivity contribution >= 4 is 0 Å². The third-order valence-electron chi connectivity index (χ3n) is 2.06. The predicted octanol–water partition coefficient (Wildman–Crippen LogP) is 1.02. The molecule has 2 atom stereocenters. The fourth-order valence-corrected chi connectivity index (χ4v) is 1.46. The summed E-state index contributed by atoms with van der Waals surface area (Å²) in [6.45, 7) is 3.57. The second-order valence-electron chi connectivity index (χ2n) is 2.83. The molecule has 58 valence electrons. The Morgan fingerprint density at radius 3 is 2.70 bits per heavy atom. The minimum Gasteiger partial charge on any atom is -0.391 e. The van der Waals surface area contributed by atoms with Gasteiger partial charge >= 0.3 is 0 Å². The molecule has 0 saturated heterocycles. The number of hydrogen-bond donors (Lipinski definition) is 2. The molecular weight excluding hydrogens is 126 g/mol. The molecule has 0 aromatic carbocycles. The summed E-state index contributed by atoms with van der Waals surface area (Å²) in [6, 6.07) is 0.256. The second-order valence-corrected chi connectivity index (χ2v) is 2.83. The molecule has 1 saturated carbocycles. The summed E-state index contributed by atoms with van der Waals surface area (Å²) in [4.78, 5) is 0. The Morgan fingerprint density at radius 1 is 1.40 bits per heavy atom. The van der Waals surface area contributed by atoms with Crippen LogP contribution in [0.1, 0.15) is 25.7 Å². The molecule has 2 N–H and O–H groups in total. The van der Waals surface area contributed by atoms with Gasteiger partial charge < -0.3 is 10.4 Å². The molecule has 2 nitrogen and oxygen atoms in total. The lowest BCUT2D eigenvalue weighted by Crippen LogP contribution is -2.39. The average molecular weight is 141 g/mol. The summed E-state index contributed by atoms with van der Waals surface area (Å²) in [7, 11) is 0. The van der Waals surface area contributed by atoms with Crippen LogP contribution >= 0.6 is 0 Å². The Labute approximate surface area is 61.9 Å². The maximum atomic E-state index is 9.39. The van der Waals surface area contributed by atoms with E-state index < -0.39 is 0 Å². The third-order valence-corrected chi connectivity index (χ3v) is 2.06. The van der Waals surface area contributed by atoms with Crippen LogP contribution in [0.25, 0.3) is 0 Å². The zero-order valence-electron chi connectivity index (χ0n) is 6.21. The Hall–Kier alpha value is -0.500. The fraction of sp³-hybridized carbons (Fsp3) is 0.750. The number of hydrogen-bond acceptors (Lipinski definition) is 2. The van der Waals surface area contributed by atoms with Crippen molar-refractivity contribution in [1.82, 2.24) is 5.32 Å². The van der Waals surface area contributed by atoms with Gasteiger partial charge in [-0.3, -0.25) is 0 Å². The third kappa shape index (κ3) is 1.74. The zero-order valence-corrected chi connectivity index (χ0v) is 6.21. The highest BCUT2D eigenvalue weighted by molar-refractivity contribution is 4.83. The highest BCUT2D eigenvalue weighted by Crippen LogP contribution is 2.17. The molecule has 0 spiro atoms. The first-order valence-corrected chi connectivity index (χ1v) is 3.89. The topological polar surface area (TPSA) is 32.3 Å². The highest BCUT2D eigenvalue weighted by Gasteiger charge is 2.20. The van der Waals surface area contributed by atoms with Crippen molar-refractivity contribution in [3.63, 3.8) is 0 Å². The van der Waals surface area contributed by atoms with E-state index in [1.165, 1.54) is 6.42 Å². The van der Waals surface area contributed by atoms with Crippen molar-refractivity contribution in [2.24, 2.45) is 0 Å². The van der Waals surface area contributed by atoms with Crippen LogP contribution in [0.2, 0.25) is 0 Å². The van der Waals surface area contributed by atoms with Crippen molar-refractivity contribution in [2.75, 3.05) is 0 Å². The first-order chi connectivity index (χ1) is 4.84. The van der Waals surface area contributed by atoms with Gasteiger partial charge in [0.05, 0.1) is 12.1 Å². The van der Waals surface area contributed by atoms with Crippen LogP contribution in [-0.4, -0.2) is 17.3 Å². The summed E-state index contributed by atoms with van der Waals surface area (Å²) >= 11 is 0. The maximum absolute atomic E-state index is 9.39. The Kier molecular flexibility index (Phi) is 2.75. The molecule has 1 rings (SSSR count). The summed E-state index contributed by atoms with van der Waals surface area (Å²) in [5, 5.41) is 12.4. The number of nitrogens with one attached hydrogen (secondary N) is 1. The summed E-state index contributed by atoms with van der Waals surface area (Å²) in [5.41, 5.74) is 0. The molecule has 1 aliphatic carbocycles. The van der Waals surface area contributed by atoms with E-state index in [1.807, 2.05) is 0 Å². The number of rotatable bonds is 2. The molecule has 10 heavy (non-hydrogen) atoms. The van der Waals surface area contributed by atoms with Gasteiger partial charge in [0.1, 0.15) is 0 Å². The highest BCUT2D eigenvalue weighted by atomic mass is 16.3. The average Bonchev–Trinajstić information content (AvgIpc) is 1.94. The van der Waals surface area contributed by atoms with E-state index in [0.717, 1.165) is 19.3 Å². The lowest BCUT2D eigenvalue weighted by Gasteiger charge is -2.27. The quantitative estimate of drug-likeness (QED) is 0.602. The Bertz CT molecular complexity index is 114. The summed E-state index contributed by atoms with van der Waals surface area (Å²) in [6.07, 6.45) is 5.91. The SMILES string of the molecule is C=CNC1CCCCC1O. The smallest absolute Gasteiger partial charge is 0.0740 e. The molecule has 0 amide bonds. The molecule has 1 fully saturated rings. The van der Waals surface area contributed by atoms with Gasteiger partial charge in [-0.2, -0.15) is 0 Å².